The second-order valence-corrected chi connectivity index (χ2v) is 8.17. The van der Waals surface area contributed by atoms with Crippen LogP contribution in [0.2, 0.25) is 0 Å². The normalized spacial score (nSPS) is 20.6. The number of thiophene rings is 1. The number of guanidine groups is 1. The highest BCUT2D eigenvalue weighted by molar-refractivity contribution is 14.0. The molecule has 0 aliphatic carbocycles. The minimum Gasteiger partial charge on any atom is -0.357 e. The Bertz CT molecular complexity index is 730. The fourth-order valence-electron chi connectivity index (χ4n) is 3.78. The van der Waals surface area contributed by atoms with Crippen molar-refractivity contribution in [2.75, 3.05) is 33.7 Å². The molecule has 0 saturated carbocycles. The van der Waals surface area contributed by atoms with E-state index in [0.717, 1.165) is 31.4 Å². The van der Waals surface area contributed by atoms with Crippen molar-refractivity contribution in [2.45, 2.75) is 32.4 Å². The largest absolute Gasteiger partial charge is 0.357 e. The van der Waals surface area contributed by atoms with Gasteiger partial charge in [-0.2, -0.15) is 5.10 Å². The summed E-state index contributed by atoms with van der Waals surface area (Å²) >= 11 is 1.86. The van der Waals surface area contributed by atoms with Crippen molar-refractivity contribution in [1.82, 2.24) is 29.9 Å². The Balaban J connectivity index is 0.00000280. The van der Waals surface area contributed by atoms with E-state index < -0.39 is 0 Å². The maximum absolute atomic E-state index is 4.99. The monoisotopic (exact) mass is 517 g/mol. The summed E-state index contributed by atoms with van der Waals surface area (Å²) < 4.78 is 1.81. The van der Waals surface area contributed by atoms with Gasteiger partial charge in [-0.05, 0) is 50.7 Å². The van der Waals surface area contributed by atoms with Gasteiger partial charge in [-0.15, -0.1) is 35.3 Å². The molecule has 1 aliphatic rings. The molecule has 1 fully saturated rings. The van der Waals surface area contributed by atoms with Crippen LogP contribution in [-0.2, 0) is 13.6 Å². The van der Waals surface area contributed by atoms with Crippen molar-refractivity contribution in [1.29, 1.82) is 0 Å². The van der Waals surface area contributed by atoms with Crippen LogP contribution in [0.15, 0.2) is 28.8 Å². The van der Waals surface area contributed by atoms with Crippen LogP contribution in [0.5, 0.6) is 0 Å². The first-order valence-corrected chi connectivity index (χ1v) is 10.5. The molecule has 2 unspecified atom stereocenters. The van der Waals surface area contributed by atoms with Gasteiger partial charge in [0.1, 0.15) is 12.2 Å². The molecule has 28 heavy (non-hydrogen) atoms. The van der Waals surface area contributed by atoms with Gasteiger partial charge in [-0.3, -0.25) is 14.6 Å². The lowest BCUT2D eigenvalue weighted by molar-refractivity contribution is 0.128. The maximum Gasteiger partial charge on any atom is 0.194 e. The number of likely N-dealkylation sites (tertiary alicyclic amines) is 1. The smallest absolute Gasteiger partial charge is 0.194 e. The van der Waals surface area contributed by atoms with Crippen molar-refractivity contribution < 1.29 is 0 Å². The first-order valence-electron chi connectivity index (χ1n) is 9.66. The molecule has 9 heteroatoms. The number of hydrogen-bond donors (Lipinski definition) is 1. The van der Waals surface area contributed by atoms with Gasteiger partial charge in [-0.1, -0.05) is 6.07 Å². The van der Waals surface area contributed by atoms with E-state index in [1.54, 1.807) is 6.33 Å². The molecule has 0 spiro atoms. The van der Waals surface area contributed by atoms with E-state index >= 15 is 0 Å². The number of rotatable bonds is 6. The minimum atomic E-state index is 0. The van der Waals surface area contributed by atoms with Gasteiger partial charge in [0.2, 0.25) is 0 Å². The molecule has 0 amide bonds. The highest BCUT2D eigenvalue weighted by Gasteiger charge is 2.31. The Hall–Kier alpha value is -1.20. The zero-order valence-electron chi connectivity index (χ0n) is 17.2. The van der Waals surface area contributed by atoms with Gasteiger partial charge >= 0.3 is 0 Å². The molecule has 2 atom stereocenters. The number of nitrogens with zero attached hydrogens (tertiary/aromatic N) is 6. The summed E-state index contributed by atoms with van der Waals surface area (Å²) in [7, 11) is 6.22. The Kier molecular flexibility index (Phi) is 9.16. The van der Waals surface area contributed by atoms with Crippen molar-refractivity contribution in [3.8, 4) is 0 Å². The number of hydrogen-bond acceptors (Lipinski definition) is 5. The van der Waals surface area contributed by atoms with E-state index in [1.165, 1.54) is 17.7 Å². The van der Waals surface area contributed by atoms with Crippen LogP contribution in [0.3, 0.4) is 0 Å². The quantitative estimate of drug-likeness (QED) is 0.363. The lowest BCUT2D eigenvalue weighted by Gasteiger charge is -2.38. The van der Waals surface area contributed by atoms with Gasteiger partial charge < -0.3 is 10.2 Å². The number of aliphatic imine (C=N–C) groups is 1. The molecule has 0 radical (unpaired) electrons. The van der Waals surface area contributed by atoms with Crippen LogP contribution in [0.4, 0.5) is 0 Å². The fraction of sp³-hybridized carbons (Fsp3) is 0.632. The van der Waals surface area contributed by atoms with Crippen LogP contribution in [0.1, 0.15) is 36.5 Å². The number of aryl methyl sites for hydroxylation is 1. The highest BCUT2D eigenvalue weighted by atomic mass is 127. The first-order chi connectivity index (χ1) is 13.1. The summed E-state index contributed by atoms with van der Waals surface area (Å²) in [4.78, 5) is 15.4. The summed E-state index contributed by atoms with van der Waals surface area (Å²) in [6.07, 6.45) is 4.06. The van der Waals surface area contributed by atoms with E-state index in [9.17, 15) is 0 Å². The second-order valence-electron chi connectivity index (χ2n) is 7.19. The summed E-state index contributed by atoms with van der Waals surface area (Å²) in [5, 5.41) is 9.76. The standard InChI is InChI=1S/C19H31N7S.HI/c1-5-20-19(25(3)13-17-22-14-23-26(17)4)21-12-15-8-6-10-24(2)18(15)16-9-7-11-27-16;/h7,9,11,14-15,18H,5-6,8,10,12-13H2,1-4H3,(H,20,21);1H. The fourth-order valence-corrected chi connectivity index (χ4v) is 4.77. The minimum absolute atomic E-state index is 0. The summed E-state index contributed by atoms with van der Waals surface area (Å²) in [5.41, 5.74) is 0. The third-order valence-corrected chi connectivity index (χ3v) is 6.14. The molecule has 1 saturated heterocycles. The van der Waals surface area contributed by atoms with Crippen LogP contribution in [-0.4, -0.2) is 64.3 Å². The van der Waals surface area contributed by atoms with Gasteiger partial charge in [0.15, 0.2) is 5.96 Å². The van der Waals surface area contributed by atoms with Gasteiger partial charge in [0, 0.05) is 38.1 Å². The van der Waals surface area contributed by atoms with Crippen LogP contribution < -0.4 is 5.32 Å². The molecule has 7 nitrogen and oxygen atoms in total. The Labute approximate surface area is 189 Å². The van der Waals surface area contributed by atoms with Gasteiger partial charge in [0.05, 0.1) is 6.54 Å². The van der Waals surface area contributed by atoms with E-state index in [2.05, 4.69) is 63.7 Å². The molecule has 2 aromatic rings. The van der Waals surface area contributed by atoms with Crippen molar-refractivity contribution in [3.63, 3.8) is 0 Å². The Morgan fingerprint density at radius 2 is 2.25 bits per heavy atom. The first kappa shape index (κ1) is 23.1. The molecular formula is C19H32IN7S. The molecule has 156 valence electrons. The third kappa shape index (κ3) is 5.66. The number of aromatic nitrogens is 3. The predicted molar refractivity (Wildman–Crippen MR) is 126 cm³/mol. The molecule has 1 aliphatic heterocycles. The average Bonchev–Trinajstić information content (AvgIpc) is 3.31. The number of piperidine rings is 1. The molecule has 3 rings (SSSR count). The van der Waals surface area contributed by atoms with Crippen molar-refractivity contribution in [2.24, 2.45) is 18.0 Å². The lowest BCUT2D eigenvalue weighted by atomic mass is 9.88. The number of nitrogens with one attached hydrogen (secondary N) is 1. The molecule has 3 heterocycles. The molecular weight excluding hydrogens is 485 g/mol. The van der Waals surface area contributed by atoms with Crippen LogP contribution in [0, 0.1) is 5.92 Å². The van der Waals surface area contributed by atoms with Gasteiger partial charge in [-0.25, -0.2) is 4.98 Å². The summed E-state index contributed by atoms with van der Waals surface area (Å²) in [6, 6.07) is 4.88. The van der Waals surface area contributed by atoms with E-state index in [1.807, 2.05) is 23.1 Å². The second kappa shape index (κ2) is 11.1. The van der Waals surface area contributed by atoms with Crippen molar-refractivity contribution >= 4 is 41.3 Å². The summed E-state index contributed by atoms with van der Waals surface area (Å²) in [6.45, 7) is 5.63. The Morgan fingerprint density at radius 3 is 2.89 bits per heavy atom. The van der Waals surface area contributed by atoms with E-state index in [0.29, 0.717) is 18.5 Å². The summed E-state index contributed by atoms with van der Waals surface area (Å²) in [5.74, 6) is 2.40. The van der Waals surface area contributed by atoms with Crippen LogP contribution in [0.25, 0.3) is 0 Å². The van der Waals surface area contributed by atoms with E-state index in [-0.39, 0.29) is 24.0 Å². The molecule has 0 aromatic carbocycles. The predicted octanol–water partition coefficient (Wildman–Crippen LogP) is 2.98. The van der Waals surface area contributed by atoms with E-state index in [4.69, 9.17) is 4.99 Å². The van der Waals surface area contributed by atoms with Crippen molar-refractivity contribution in [3.05, 3.63) is 34.5 Å². The zero-order valence-corrected chi connectivity index (χ0v) is 20.4. The zero-order chi connectivity index (χ0) is 19.2. The molecule has 0 bridgehead atoms. The topological polar surface area (TPSA) is 61.6 Å². The Morgan fingerprint density at radius 1 is 1.43 bits per heavy atom. The maximum atomic E-state index is 4.99. The number of halogens is 1. The third-order valence-electron chi connectivity index (χ3n) is 5.20. The SMILES string of the molecule is CCNC(=NCC1CCCN(C)C1c1cccs1)N(C)Cc1ncnn1C.I. The molecule has 1 N–H and O–H groups in total. The van der Waals surface area contributed by atoms with Crippen LogP contribution >= 0.6 is 35.3 Å². The molecule has 2 aromatic heterocycles. The lowest BCUT2D eigenvalue weighted by Crippen LogP contribution is -2.41. The average molecular weight is 517 g/mol. The highest BCUT2D eigenvalue weighted by Crippen LogP contribution is 2.37. The van der Waals surface area contributed by atoms with Gasteiger partial charge in [0.25, 0.3) is 0 Å².